The number of carbonyl (C=O) groups is 1. The first kappa shape index (κ1) is 18.0. The van der Waals surface area contributed by atoms with Crippen LogP contribution in [0.3, 0.4) is 0 Å². The van der Waals surface area contributed by atoms with E-state index in [1.165, 1.54) is 49.6 Å². The Balaban J connectivity index is 1.73. The maximum atomic E-state index is 12.5. The smallest absolute Gasteiger partial charge is 0.238 e. The standard InChI is InChI=1S/C18H26N4O2S/c1-11-10-16(21-24-11)20-17(23)14(4)25-18-19-12(2)13(3)22(18)15-8-6-5-7-9-15/h10,14-15H,5-9H2,1-4H3,(H,20,21,23). The first-order valence-electron chi connectivity index (χ1n) is 8.92. The van der Waals surface area contributed by atoms with Gasteiger partial charge in [-0.3, -0.25) is 4.79 Å². The minimum absolute atomic E-state index is 0.0909. The third-order valence-corrected chi connectivity index (χ3v) is 5.89. The second kappa shape index (κ2) is 7.64. The van der Waals surface area contributed by atoms with Crippen LogP contribution in [0.4, 0.5) is 5.82 Å². The number of rotatable bonds is 5. The maximum Gasteiger partial charge on any atom is 0.238 e. The quantitative estimate of drug-likeness (QED) is 0.797. The number of anilines is 1. The van der Waals surface area contributed by atoms with Crippen molar-refractivity contribution in [2.45, 2.75) is 76.2 Å². The van der Waals surface area contributed by atoms with Gasteiger partial charge in [0.15, 0.2) is 11.0 Å². The summed E-state index contributed by atoms with van der Waals surface area (Å²) in [7, 11) is 0. The highest BCUT2D eigenvalue weighted by molar-refractivity contribution is 8.00. The summed E-state index contributed by atoms with van der Waals surface area (Å²) in [6.07, 6.45) is 6.26. The highest BCUT2D eigenvalue weighted by Crippen LogP contribution is 2.35. The zero-order valence-electron chi connectivity index (χ0n) is 15.3. The maximum absolute atomic E-state index is 12.5. The van der Waals surface area contributed by atoms with Crippen LogP contribution < -0.4 is 5.32 Å². The minimum Gasteiger partial charge on any atom is -0.360 e. The fourth-order valence-corrected chi connectivity index (χ4v) is 4.38. The number of amides is 1. The molecular weight excluding hydrogens is 336 g/mol. The first-order chi connectivity index (χ1) is 12.0. The lowest BCUT2D eigenvalue weighted by molar-refractivity contribution is -0.115. The predicted molar refractivity (Wildman–Crippen MR) is 99.0 cm³/mol. The topological polar surface area (TPSA) is 73.0 Å². The van der Waals surface area contributed by atoms with Crippen molar-refractivity contribution in [3.8, 4) is 0 Å². The number of nitrogens with one attached hydrogen (secondary N) is 1. The predicted octanol–water partition coefficient (Wildman–Crippen LogP) is 4.42. The van der Waals surface area contributed by atoms with Gasteiger partial charge in [-0.2, -0.15) is 0 Å². The molecular formula is C18H26N4O2S. The number of nitrogens with zero attached hydrogens (tertiary/aromatic N) is 3. The van der Waals surface area contributed by atoms with Crippen LogP contribution in [-0.2, 0) is 4.79 Å². The summed E-state index contributed by atoms with van der Waals surface area (Å²) in [6, 6.07) is 2.22. The van der Waals surface area contributed by atoms with Crippen LogP contribution >= 0.6 is 11.8 Å². The lowest BCUT2D eigenvalue weighted by atomic mass is 9.95. The van der Waals surface area contributed by atoms with Gasteiger partial charge in [-0.15, -0.1) is 0 Å². The molecule has 6 nitrogen and oxygen atoms in total. The number of aryl methyl sites for hydroxylation is 2. The number of hydrogen-bond donors (Lipinski definition) is 1. The van der Waals surface area contributed by atoms with Gasteiger partial charge in [0.25, 0.3) is 0 Å². The molecule has 0 saturated heterocycles. The van der Waals surface area contributed by atoms with Crippen LogP contribution in [0.15, 0.2) is 15.7 Å². The van der Waals surface area contributed by atoms with Gasteiger partial charge < -0.3 is 14.4 Å². The fraction of sp³-hybridized carbons (Fsp3) is 0.611. The molecule has 3 rings (SSSR count). The van der Waals surface area contributed by atoms with E-state index in [0.717, 1.165) is 10.9 Å². The Morgan fingerprint density at radius 1 is 1.32 bits per heavy atom. The second-order valence-electron chi connectivity index (χ2n) is 6.80. The van der Waals surface area contributed by atoms with E-state index in [9.17, 15) is 4.79 Å². The summed E-state index contributed by atoms with van der Waals surface area (Å²) in [6.45, 7) is 7.87. The van der Waals surface area contributed by atoms with Crippen LogP contribution in [0.1, 0.15) is 62.2 Å². The Morgan fingerprint density at radius 3 is 2.68 bits per heavy atom. The first-order valence-corrected chi connectivity index (χ1v) is 9.80. The molecule has 0 spiro atoms. The molecule has 25 heavy (non-hydrogen) atoms. The van der Waals surface area contributed by atoms with Gasteiger partial charge in [-0.1, -0.05) is 36.2 Å². The molecule has 1 aliphatic carbocycles. The summed E-state index contributed by atoms with van der Waals surface area (Å²) >= 11 is 1.51. The van der Waals surface area contributed by atoms with E-state index in [1.54, 1.807) is 13.0 Å². The molecule has 1 saturated carbocycles. The van der Waals surface area contributed by atoms with Crippen LogP contribution in [0.2, 0.25) is 0 Å². The highest BCUT2D eigenvalue weighted by atomic mass is 32.2. The third kappa shape index (κ3) is 4.08. The van der Waals surface area contributed by atoms with Crippen molar-refractivity contribution in [3.63, 3.8) is 0 Å². The molecule has 1 fully saturated rings. The van der Waals surface area contributed by atoms with E-state index in [2.05, 4.69) is 22.0 Å². The van der Waals surface area contributed by atoms with Gasteiger partial charge >= 0.3 is 0 Å². The number of carbonyl (C=O) groups excluding carboxylic acids is 1. The molecule has 2 heterocycles. The Labute approximate surface area is 152 Å². The summed E-state index contributed by atoms with van der Waals surface area (Å²) in [5.41, 5.74) is 2.27. The molecule has 1 atom stereocenters. The number of imidazole rings is 1. The lowest BCUT2D eigenvalue weighted by Crippen LogP contribution is -2.23. The van der Waals surface area contributed by atoms with Crippen molar-refractivity contribution in [2.24, 2.45) is 0 Å². The number of hydrogen-bond acceptors (Lipinski definition) is 5. The molecule has 0 radical (unpaired) electrons. The van der Waals surface area contributed by atoms with E-state index in [4.69, 9.17) is 9.51 Å². The second-order valence-corrected chi connectivity index (χ2v) is 8.11. The van der Waals surface area contributed by atoms with Crippen molar-refractivity contribution in [1.29, 1.82) is 0 Å². The van der Waals surface area contributed by atoms with E-state index in [0.29, 0.717) is 17.6 Å². The van der Waals surface area contributed by atoms with Crippen LogP contribution in [0.25, 0.3) is 0 Å². The van der Waals surface area contributed by atoms with Gasteiger partial charge in [0, 0.05) is 17.8 Å². The average Bonchev–Trinajstić information content (AvgIpc) is 3.11. The highest BCUT2D eigenvalue weighted by Gasteiger charge is 2.25. The molecule has 0 aliphatic heterocycles. The molecule has 1 aliphatic rings. The third-order valence-electron chi connectivity index (χ3n) is 4.82. The number of thioether (sulfide) groups is 1. The normalized spacial score (nSPS) is 16.8. The molecule has 7 heteroatoms. The fourth-order valence-electron chi connectivity index (χ4n) is 3.31. The van der Waals surface area contributed by atoms with Crippen molar-refractivity contribution in [3.05, 3.63) is 23.2 Å². The Kier molecular flexibility index (Phi) is 5.51. The van der Waals surface area contributed by atoms with Crippen molar-refractivity contribution in [2.75, 3.05) is 5.32 Å². The van der Waals surface area contributed by atoms with Gasteiger partial charge in [0.2, 0.25) is 5.91 Å². The summed E-state index contributed by atoms with van der Waals surface area (Å²) in [4.78, 5) is 17.2. The van der Waals surface area contributed by atoms with Crippen molar-refractivity contribution < 1.29 is 9.32 Å². The molecule has 1 N–H and O–H groups in total. The van der Waals surface area contributed by atoms with Crippen LogP contribution in [0.5, 0.6) is 0 Å². The largest absolute Gasteiger partial charge is 0.360 e. The number of aromatic nitrogens is 3. The molecule has 2 aromatic rings. The van der Waals surface area contributed by atoms with Crippen LogP contribution in [0, 0.1) is 20.8 Å². The summed E-state index contributed by atoms with van der Waals surface area (Å²) in [5, 5.41) is 7.30. The van der Waals surface area contributed by atoms with E-state index in [1.807, 2.05) is 13.8 Å². The molecule has 0 aromatic carbocycles. The summed E-state index contributed by atoms with van der Waals surface area (Å²) in [5.74, 6) is 1.04. The van der Waals surface area contributed by atoms with Gasteiger partial charge in [0.05, 0.1) is 10.9 Å². The molecule has 1 amide bonds. The van der Waals surface area contributed by atoms with Gasteiger partial charge in [-0.05, 0) is 40.5 Å². The van der Waals surface area contributed by atoms with E-state index < -0.39 is 0 Å². The SMILES string of the molecule is Cc1cc(NC(=O)C(C)Sc2nc(C)c(C)n2C2CCCCC2)no1. The molecule has 2 aromatic heterocycles. The zero-order valence-corrected chi connectivity index (χ0v) is 16.2. The lowest BCUT2D eigenvalue weighted by Gasteiger charge is -2.26. The summed E-state index contributed by atoms with van der Waals surface area (Å²) < 4.78 is 7.34. The Hall–Kier alpha value is -1.76. The Morgan fingerprint density at radius 2 is 2.04 bits per heavy atom. The molecule has 1 unspecified atom stereocenters. The van der Waals surface area contributed by atoms with E-state index >= 15 is 0 Å². The van der Waals surface area contributed by atoms with Crippen molar-refractivity contribution >= 4 is 23.5 Å². The Bertz CT molecular complexity index is 746. The van der Waals surface area contributed by atoms with Gasteiger partial charge in [0.1, 0.15) is 5.76 Å². The zero-order chi connectivity index (χ0) is 18.0. The van der Waals surface area contributed by atoms with E-state index in [-0.39, 0.29) is 11.2 Å². The van der Waals surface area contributed by atoms with Crippen molar-refractivity contribution in [1.82, 2.24) is 14.7 Å². The molecule has 136 valence electrons. The van der Waals surface area contributed by atoms with Crippen LogP contribution in [-0.4, -0.2) is 25.9 Å². The average molecular weight is 362 g/mol. The monoisotopic (exact) mass is 362 g/mol. The molecule has 0 bridgehead atoms. The minimum atomic E-state index is -0.263. The van der Waals surface area contributed by atoms with Gasteiger partial charge in [-0.25, -0.2) is 4.98 Å².